The quantitative estimate of drug-likeness (QED) is 0.424. The van der Waals surface area contributed by atoms with E-state index in [9.17, 15) is 9.18 Å². The van der Waals surface area contributed by atoms with Crippen molar-refractivity contribution in [2.45, 2.75) is 51.4 Å². The number of anilines is 1. The van der Waals surface area contributed by atoms with Crippen LogP contribution in [0.25, 0.3) is 22.6 Å². The fraction of sp³-hybridized carbons (Fsp3) is 0.517. The van der Waals surface area contributed by atoms with Crippen LogP contribution in [0, 0.1) is 11.2 Å². The minimum absolute atomic E-state index is 0.0764. The van der Waals surface area contributed by atoms with Crippen LogP contribution in [-0.2, 0) is 14.3 Å². The zero-order valence-electron chi connectivity index (χ0n) is 22.8. The van der Waals surface area contributed by atoms with Crippen LogP contribution in [0.1, 0.15) is 51.1 Å². The van der Waals surface area contributed by atoms with Crippen LogP contribution in [-0.4, -0.2) is 76.2 Å². The molecule has 3 aliphatic rings. The van der Waals surface area contributed by atoms with Gasteiger partial charge in [0.2, 0.25) is 18.1 Å². The Morgan fingerprint density at radius 3 is 2.50 bits per heavy atom. The molecular formula is C29H36FN7O3. The van der Waals surface area contributed by atoms with E-state index in [4.69, 9.17) is 19.4 Å². The molecule has 6 rings (SSSR count). The summed E-state index contributed by atoms with van der Waals surface area (Å²) < 4.78 is 25.9. The summed E-state index contributed by atoms with van der Waals surface area (Å²) in [4.78, 5) is 32.6. The number of benzene rings is 1. The monoisotopic (exact) mass is 549 g/mol. The molecule has 3 aliphatic heterocycles. The highest BCUT2D eigenvalue weighted by molar-refractivity contribution is 5.83. The van der Waals surface area contributed by atoms with Gasteiger partial charge in [0.1, 0.15) is 5.82 Å². The number of nitrogens with one attached hydrogen (secondary N) is 3. The van der Waals surface area contributed by atoms with Crippen LogP contribution < -0.4 is 10.6 Å². The molecule has 5 heterocycles. The highest BCUT2D eigenvalue weighted by Gasteiger charge is 2.43. The molecule has 2 aromatic heterocycles. The Morgan fingerprint density at radius 2 is 1.77 bits per heavy atom. The predicted molar refractivity (Wildman–Crippen MR) is 148 cm³/mol. The van der Waals surface area contributed by atoms with Gasteiger partial charge in [-0.15, -0.1) is 0 Å². The van der Waals surface area contributed by atoms with E-state index in [1.165, 1.54) is 12.1 Å². The lowest BCUT2D eigenvalue weighted by molar-refractivity contribution is -0.234. The molecular weight excluding hydrogens is 513 g/mol. The van der Waals surface area contributed by atoms with Gasteiger partial charge in [-0.25, -0.2) is 19.3 Å². The zero-order valence-corrected chi connectivity index (χ0v) is 22.8. The summed E-state index contributed by atoms with van der Waals surface area (Å²) in [5.41, 5.74) is 1.88. The van der Waals surface area contributed by atoms with Crippen molar-refractivity contribution in [2.24, 2.45) is 5.41 Å². The van der Waals surface area contributed by atoms with Crippen LogP contribution in [0.2, 0.25) is 0 Å². The normalized spacial score (nSPS) is 24.1. The number of likely N-dealkylation sites (tertiary alicyclic amines) is 1. The standard InChI is InChI=1S/C29H36FN7O3/c1-29(27(38)37-15-3-2-4-16-37)17-39-26(40-18-29)25-35-23(19-5-7-20(30)8-6-19)24(36-25)22-11-14-32-28(34-22)33-21-9-12-31-13-10-21/h5-8,11,14,21,26,31H,2-4,9-10,12-13,15-18H2,1H3,(H,35,36)(H,32,33,34). The Kier molecular flexibility index (Phi) is 7.77. The fourth-order valence-electron chi connectivity index (χ4n) is 5.59. The van der Waals surface area contributed by atoms with Gasteiger partial charge in [-0.2, -0.15) is 0 Å². The average Bonchev–Trinajstić information content (AvgIpc) is 3.44. The van der Waals surface area contributed by atoms with Crippen LogP contribution in [0.3, 0.4) is 0 Å². The molecule has 0 saturated carbocycles. The Labute approximate surface area is 233 Å². The molecule has 10 nitrogen and oxygen atoms in total. The largest absolute Gasteiger partial charge is 0.351 e. The van der Waals surface area contributed by atoms with Gasteiger partial charge in [-0.3, -0.25) is 4.79 Å². The average molecular weight is 550 g/mol. The third kappa shape index (κ3) is 5.72. The van der Waals surface area contributed by atoms with Crippen molar-refractivity contribution >= 4 is 11.9 Å². The smallest absolute Gasteiger partial charge is 0.233 e. The second-order valence-electron chi connectivity index (χ2n) is 11.2. The van der Waals surface area contributed by atoms with Crippen LogP contribution in [0.4, 0.5) is 10.3 Å². The summed E-state index contributed by atoms with van der Waals surface area (Å²) in [5.74, 6) is 0.761. The second-order valence-corrected chi connectivity index (χ2v) is 11.2. The van der Waals surface area contributed by atoms with Crippen LogP contribution in [0.5, 0.6) is 0 Å². The molecule has 0 bridgehead atoms. The number of halogens is 1. The van der Waals surface area contributed by atoms with Crippen molar-refractivity contribution in [3.8, 4) is 22.6 Å². The third-order valence-corrected chi connectivity index (χ3v) is 7.91. The number of ether oxygens (including phenoxy) is 2. The summed E-state index contributed by atoms with van der Waals surface area (Å²) >= 11 is 0. The number of piperidine rings is 2. The topological polar surface area (TPSA) is 117 Å². The van der Waals surface area contributed by atoms with Gasteiger partial charge in [-0.1, -0.05) is 0 Å². The van der Waals surface area contributed by atoms with Gasteiger partial charge in [-0.05, 0) is 82.4 Å². The Bertz CT molecular complexity index is 1310. The number of carbonyl (C=O) groups excluding carboxylic acids is 1. The highest BCUT2D eigenvalue weighted by atomic mass is 19.1. The number of amides is 1. The minimum atomic E-state index is -0.774. The van der Waals surface area contributed by atoms with E-state index in [0.717, 1.165) is 63.8 Å². The maximum Gasteiger partial charge on any atom is 0.233 e. The van der Waals surface area contributed by atoms with E-state index < -0.39 is 11.7 Å². The first-order chi connectivity index (χ1) is 19.5. The number of rotatable bonds is 6. The number of H-pyrrole nitrogens is 1. The van der Waals surface area contributed by atoms with Gasteiger partial charge in [0.05, 0.1) is 35.7 Å². The van der Waals surface area contributed by atoms with Crippen molar-refractivity contribution in [2.75, 3.05) is 44.7 Å². The summed E-state index contributed by atoms with van der Waals surface area (Å²) in [7, 11) is 0. The number of carbonyl (C=O) groups is 1. The van der Waals surface area contributed by atoms with Gasteiger partial charge in [0, 0.05) is 30.9 Å². The lowest BCUT2D eigenvalue weighted by Gasteiger charge is -2.40. The van der Waals surface area contributed by atoms with E-state index in [0.29, 0.717) is 34.9 Å². The van der Waals surface area contributed by atoms with Crippen molar-refractivity contribution < 1.29 is 18.7 Å². The van der Waals surface area contributed by atoms with Gasteiger partial charge < -0.3 is 30.0 Å². The minimum Gasteiger partial charge on any atom is -0.351 e. The van der Waals surface area contributed by atoms with Gasteiger partial charge in [0.25, 0.3) is 0 Å². The van der Waals surface area contributed by atoms with E-state index in [2.05, 4.69) is 20.6 Å². The van der Waals surface area contributed by atoms with E-state index in [-0.39, 0.29) is 24.9 Å². The first-order valence-electron chi connectivity index (χ1n) is 14.2. The molecule has 3 saturated heterocycles. The predicted octanol–water partition coefficient (Wildman–Crippen LogP) is 3.90. The third-order valence-electron chi connectivity index (χ3n) is 7.91. The van der Waals surface area contributed by atoms with E-state index in [1.807, 2.05) is 17.9 Å². The molecule has 3 fully saturated rings. The van der Waals surface area contributed by atoms with Crippen LogP contribution >= 0.6 is 0 Å². The first-order valence-corrected chi connectivity index (χ1v) is 14.2. The van der Waals surface area contributed by atoms with Gasteiger partial charge >= 0.3 is 0 Å². The molecule has 0 spiro atoms. The molecule has 0 aliphatic carbocycles. The van der Waals surface area contributed by atoms with Crippen LogP contribution in [0.15, 0.2) is 36.5 Å². The summed E-state index contributed by atoms with van der Waals surface area (Å²) in [6.45, 7) is 5.84. The Hall–Kier alpha value is -3.41. The number of hydrogen-bond donors (Lipinski definition) is 3. The zero-order chi connectivity index (χ0) is 27.5. The van der Waals surface area contributed by atoms with Crippen molar-refractivity contribution in [3.63, 3.8) is 0 Å². The number of nitrogens with zero attached hydrogens (tertiary/aromatic N) is 4. The fourth-order valence-corrected chi connectivity index (χ4v) is 5.59. The number of hydrogen-bond acceptors (Lipinski definition) is 8. The molecule has 3 N–H and O–H groups in total. The van der Waals surface area contributed by atoms with Crippen molar-refractivity contribution in [1.82, 2.24) is 30.2 Å². The highest BCUT2D eigenvalue weighted by Crippen LogP contribution is 2.36. The summed E-state index contributed by atoms with van der Waals surface area (Å²) in [5, 5.41) is 6.81. The molecule has 40 heavy (non-hydrogen) atoms. The maximum absolute atomic E-state index is 13.7. The molecule has 0 radical (unpaired) electrons. The Balaban J connectivity index is 1.25. The lowest BCUT2D eigenvalue weighted by atomic mass is 9.89. The summed E-state index contributed by atoms with van der Waals surface area (Å²) in [6.07, 6.45) is 6.17. The number of aromatic amines is 1. The van der Waals surface area contributed by atoms with E-state index >= 15 is 0 Å². The molecule has 1 amide bonds. The molecule has 0 unspecified atom stereocenters. The second kappa shape index (κ2) is 11.6. The first kappa shape index (κ1) is 26.8. The SMILES string of the molecule is CC1(C(=O)N2CCCCC2)COC(c2nc(-c3ccc(F)cc3)c(-c3ccnc(NC4CCNCC4)n3)[nH]2)OC1. The molecule has 11 heteroatoms. The van der Waals surface area contributed by atoms with Crippen molar-refractivity contribution in [1.29, 1.82) is 0 Å². The van der Waals surface area contributed by atoms with E-state index in [1.54, 1.807) is 18.3 Å². The Morgan fingerprint density at radius 1 is 1.05 bits per heavy atom. The summed E-state index contributed by atoms with van der Waals surface area (Å²) in [6, 6.07) is 8.30. The molecule has 1 aromatic carbocycles. The maximum atomic E-state index is 13.7. The molecule has 3 aromatic rings. The number of aromatic nitrogens is 4. The van der Waals surface area contributed by atoms with Crippen molar-refractivity contribution in [3.05, 3.63) is 48.2 Å². The lowest BCUT2D eigenvalue weighted by Crippen LogP contribution is -2.51. The molecule has 212 valence electrons. The number of imidazole rings is 1. The molecule has 0 atom stereocenters. The van der Waals surface area contributed by atoms with Gasteiger partial charge in [0.15, 0.2) is 5.82 Å².